The van der Waals surface area contributed by atoms with E-state index in [0.717, 1.165) is 6.92 Å². The van der Waals surface area contributed by atoms with Crippen LogP contribution in [0.25, 0.3) is 0 Å². The van der Waals surface area contributed by atoms with Crippen LogP contribution in [0.2, 0.25) is 0 Å². The lowest BCUT2D eigenvalue weighted by Gasteiger charge is -2.40. The second-order valence-electron chi connectivity index (χ2n) is 7.22. The highest BCUT2D eigenvalue weighted by Gasteiger charge is 2.48. The molecule has 0 aromatic carbocycles. The number of halogens is 1. The van der Waals surface area contributed by atoms with Crippen LogP contribution in [0.4, 0.5) is 4.39 Å². The van der Waals surface area contributed by atoms with Crippen molar-refractivity contribution >= 4 is 13.7 Å². The molecular formula is C20H45FN3O8P. The standard InChI is InChI=1S/C8H15FNO8P.2C6H15N/c1-3(12)10-6-7(13)5(9)4(2-11)17-8(6)18-19(14,15)16;2*1-4-7(5-2)6-3/h4-8,11,13H,2H2,1H3,(H,10,12)(H2,14,15,16);2*4-6H2,1-3H3/t4-,5-,6-,7+,8-;;/m1../s1. The van der Waals surface area contributed by atoms with Crippen molar-refractivity contribution in [1.29, 1.82) is 0 Å². The van der Waals surface area contributed by atoms with Gasteiger partial charge in [-0.2, -0.15) is 0 Å². The molecule has 1 rings (SSSR count). The SMILES string of the molecule is CC(=O)N[C@H]1[C@@H](OP(=O)(O)O)O[C@H](CO)[C@@H](F)[C@@H]1O.CCN(CC)CC.CCN(CC)CC. The van der Waals surface area contributed by atoms with E-state index in [1.165, 1.54) is 39.3 Å². The molecule has 0 unspecified atom stereocenters. The molecule has 1 aliphatic rings. The highest BCUT2D eigenvalue weighted by molar-refractivity contribution is 7.46. The summed E-state index contributed by atoms with van der Waals surface area (Å²) in [6, 6.07) is -1.51. The number of aliphatic hydroxyl groups excluding tert-OH is 2. The highest BCUT2D eigenvalue weighted by Crippen LogP contribution is 2.40. The molecule has 0 aliphatic carbocycles. The predicted molar refractivity (Wildman–Crippen MR) is 124 cm³/mol. The van der Waals surface area contributed by atoms with Crippen molar-refractivity contribution in [3.8, 4) is 0 Å². The summed E-state index contributed by atoms with van der Waals surface area (Å²) >= 11 is 0. The molecule has 1 fully saturated rings. The van der Waals surface area contributed by atoms with E-state index in [9.17, 15) is 18.9 Å². The lowest BCUT2D eigenvalue weighted by atomic mass is 9.98. The topological polar surface area (TPSA) is 152 Å². The number of alkyl halides is 1. The molecule has 13 heteroatoms. The average Bonchev–Trinajstić information content (AvgIpc) is 2.75. The van der Waals surface area contributed by atoms with Gasteiger partial charge in [0.15, 0.2) is 12.5 Å². The third kappa shape index (κ3) is 15.0. The number of nitrogens with zero attached hydrogens (tertiary/aromatic N) is 2. The molecule has 11 nitrogen and oxygen atoms in total. The Morgan fingerprint density at radius 3 is 1.64 bits per heavy atom. The molecule has 0 spiro atoms. The van der Waals surface area contributed by atoms with E-state index in [1.54, 1.807) is 0 Å². The van der Waals surface area contributed by atoms with Crippen molar-refractivity contribution in [3.63, 3.8) is 0 Å². The molecule has 0 bridgehead atoms. The summed E-state index contributed by atoms with van der Waals surface area (Å²) in [5.74, 6) is -0.679. The van der Waals surface area contributed by atoms with E-state index in [0.29, 0.717) is 0 Å². The summed E-state index contributed by atoms with van der Waals surface area (Å²) in [5.41, 5.74) is 0. The molecule has 200 valence electrons. The Labute approximate surface area is 197 Å². The van der Waals surface area contributed by atoms with Gasteiger partial charge in [0.1, 0.15) is 18.2 Å². The maximum atomic E-state index is 13.6. The summed E-state index contributed by atoms with van der Waals surface area (Å²) in [5, 5.41) is 20.6. The van der Waals surface area contributed by atoms with Gasteiger partial charge in [0.25, 0.3) is 0 Å². The number of phosphoric acid groups is 1. The van der Waals surface area contributed by atoms with Crippen LogP contribution in [-0.4, -0.2) is 112 Å². The largest absolute Gasteiger partial charge is 0.472 e. The van der Waals surface area contributed by atoms with Crippen molar-refractivity contribution in [2.75, 3.05) is 45.9 Å². The Balaban J connectivity index is 0. The van der Waals surface area contributed by atoms with Crippen molar-refractivity contribution in [2.24, 2.45) is 0 Å². The van der Waals surface area contributed by atoms with Crippen LogP contribution >= 0.6 is 7.82 Å². The Morgan fingerprint density at radius 1 is 1.00 bits per heavy atom. The Morgan fingerprint density at radius 2 is 1.39 bits per heavy atom. The predicted octanol–water partition coefficient (Wildman–Crippen LogP) is 0.713. The lowest BCUT2D eigenvalue weighted by Crippen LogP contribution is -2.63. The number of carbonyl (C=O) groups is 1. The van der Waals surface area contributed by atoms with Crippen molar-refractivity contribution in [2.45, 2.75) is 79.2 Å². The normalized spacial score (nSPS) is 25.1. The first-order chi connectivity index (χ1) is 15.3. The fourth-order valence-corrected chi connectivity index (χ4v) is 3.46. The van der Waals surface area contributed by atoms with Gasteiger partial charge >= 0.3 is 7.82 Å². The first-order valence-electron chi connectivity index (χ1n) is 11.4. The van der Waals surface area contributed by atoms with E-state index in [2.05, 4.69) is 61.2 Å². The molecule has 33 heavy (non-hydrogen) atoms. The Hall–Kier alpha value is -0.690. The van der Waals surface area contributed by atoms with Crippen molar-refractivity contribution in [1.82, 2.24) is 15.1 Å². The number of ether oxygens (including phenoxy) is 1. The van der Waals surface area contributed by atoms with E-state index < -0.39 is 51.0 Å². The van der Waals surface area contributed by atoms with Crippen molar-refractivity contribution in [3.05, 3.63) is 0 Å². The molecule has 5 N–H and O–H groups in total. The van der Waals surface area contributed by atoms with Crippen LogP contribution in [0, 0.1) is 0 Å². The van der Waals surface area contributed by atoms with Gasteiger partial charge in [-0.05, 0) is 39.3 Å². The monoisotopic (exact) mass is 505 g/mol. The molecule has 0 saturated carbocycles. The first kappa shape index (κ1) is 34.5. The van der Waals surface area contributed by atoms with Crippen LogP contribution < -0.4 is 5.32 Å². The minimum absolute atomic E-state index is 0.679. The van der Waals surface area contributed by atoms with Crippen LogP contribution in [0.1, 0.15) is 48.5 Å². The number of aliphatic hydroxyl groups is 2. The fourth-order valence-electron chi connectivity index (χ4n) is 3.01. The molecule has 1 heterocycles. The maximum Gasteiger partial charge on any atom is 0.472 e. The summed E-state index contributed by atoms with van der Waals surface area (Å²) in [6.45, 7) is 20.5. The second-order valence-corrected chi connectivity index (χ2v) is 8.41. The maximum absolute atomic E-state index is 13.6. The van der Waals surface area contributed by atoms with Crippen molar-refractivity contribution < 1.29 is 43.0 Å². The Bertz CT molecular complexity index is 526. The zero-order chi connectivity index (χ0) is 26.2. The number of amides is 1. The first-order valence-corrected chi connectivity index (χ1v) is 12.9. The smallest absolute Gasteiger partial charge is 0.394 e. The summed E-state index contributed by atoms with van der Waals surface area (Å²) in [4.78, 5) is 33.1. The minimum atomic E-state index is -4.99. The van der Waals surface area contributed by atoms with Gasteiger partial charge < -0.3 is 39.9 Å². The molecule has 1 saturated heterocycles. The van der Waals surface area contributed by atoms with E-state index in [4.69, 9.17) is 19.6 Å². The number of rotatable bonds is 10. The van der Waals surface area contributed by atoms with Crippen LogP contribution in [0.3, 0.4) is 0 Å². The Kier molecular flexibility index (Phi) is 19.4. The van der Waals surface area contributed by atoms with Crippen LogP contribution in [0.5, 0.6) is 0 Å². The molecular weight excluding hydrogens is 460 g/mol. The van der Waals surface area contributed by atoms with Gasteiger partial charge in [0.05, 0.1) is 6.61 Å². The van der Waals surface area contributed by atoms with E-state index >= 15 is 0 Å². The molecule has 1 aliphatic heterocycles. The number of nitrogens with one attached hydrogen (secondary N) is 1. The number of hydrogen-bond donors (Lipinski definition) is 5. The zero-order valence-corrected chi connectivity index (χ0v) is 21.9. The minimum Gasteiger partial charge on any atom is -0.394 e. The number of phosphoric ester groups is 1. The summed E-state index contributed by atoms with van der Waals surface area (Å²) < 4.78 is 33.4. The third-order valence-electron chi connectivity index (χ3n) is 5.13. The highest BCUT2D eigenvalue weighted by atomic mass is 31.2. The lowest BCUT2D eigenvalue weighted by molar-refractivity contribution is -0.234. The second kappa shape index (κ2) is 18.6. The number of hydrogen-bond acceptors (Lipinski definition) is 8. The van der Waals surface area contributed by atoms with Gasteiger partial charge in [-0.3, -0.25) is 9.32 Å². The van der Waals surface area contributed by atoms with Crippen LogP contribution in [-0.2, 0) is 18.6 Å². The number of carbonyl (C=O) groups excluding carboxylic acids is 1. The zero-order valence-electron chi connectivity index (χ0n) is 21.0. The molecule has 0 aromatic heterocycles. The molecule has 5 atom stereocenters. The van der Waals surface area contributed by atoms with E-state index in [1.807, 2.05) is 0 Å². The molecule has 0 aromatic rings. The van der Waals surface area contributed by atoms with Gasteiger partial charge in [-0.1, -0.05) is 41.5 Å². The molecule has 1 amide bonds. The van der Waals surface area contributed by atoms with Gasteiger partial charge in [0.2, 0.25) is 5.91 Å². The van der Waals surface area contributed by atoms with E-state index in [-0.39, 0.29) is 0 Å². The fraction of sp³-hybridized carbons (Fsp3) is 0.950. The summed E-state index contributed by atoms with van der Waals surface area (Å²) in [7, 11) is -4.99. The van der Waals surface area contributed by atoms with Crippen LogP contribution in [0.15, 0.2) is 0 Å². The van der Waals surface area contributed by atoms with Gasteiger partial charge in [0, 0.05) is 6.92 Å². The summed E-state index contributed by atoms with van der Waals surface area (Å²) in [6.07, 6.45) is -7.19. The quantitative estimate of drug-likeness (QED) is 0.269. The average molecular weight is 506 g/mol. The molecule has 0 radical (unpaired) electrons. The van der Waals surface area contributed by atoms with Gasteiger partial charge in [-0.15, -0.1) is 0 Å². The van der Waals surface area contributed by atoms with Gasteiger partial charge in [-0.25, -0.2) is 8.96 Å². The third-order valence-corrected chi connectivity index (χ3v) is 5.61.